The van der Waals surface area contributed by atoms with Crippen molar-refractivity contribution in [3.05, 3.63) is 65.7 Å². The van der Waals surface area contributed by atoms with Gasteiger partial charge in [0.05, 0.1) is 18.2 Å². The van der Waals surface area contributed by atoms with Crippen molar-refractivity contribution in [2.45, 2.75) is 18.4 Å². The largest absolute Gasteiger partial charge is 0.357 e. The number of nitrogens with zero attached hydrogens (tertiary/aromatic N) is 2. The summed E-state index contributed by atoms with van der Waals surface area (Å²) in [4.78, 5) is 5.86. The monoisotopic (exact) mass is 338 g/mol. The predicted molar refractivity (Wildman–Crippen MR) is 101 cm³/mol. The molecule has 2 aromatic rings. The molecule has 2 N–H and O–H groups in total. The molecule has 0 aromatic heterocycles. The zero-order valence-electron chi connectivity index (χ0n) is 13.8. The third-order valence-corrected chi connectivity index (χ3v) is 4.27. The first-order chi connectivity index (χ1) is 11.8. The lowest BCUT2D eigenvalue weighted by molar-refractivity contribution is 0.843. The maximum Gasteiger partial charge on any atom is 0.191 e. The van der Waals surface area contributed by atoms with Gasteiger partial charge in [0.25, 0.3) is 0 Å². The molecule has 0 spiro atoms. The molecule has 0 saturated carbocycles. The molecule has 24 heavy (non-hydrogen) atoms. The van der Waals surface area contributed by atoms with Crippen LogP contribution in [-0.4, -0.2) is 24.8 Å². The fourth-order valence-electron chi connectivity index (χ4n) is 2.05. The number of nitrogens with one attached hydrogen (secondary N) is 2. The van der Waals surface area contributed by atoms with Crippen LogP contribution in [0.1, 0.15) is 18.1 Å². The lowest BCUT2D eigenvalue weighted by Crippen LogP contribution is -2.38. The average molecular weight is 338 g/mol. The summed E-state index contributed by atoms with van der Waals surface area (Å²) in [5, 5.41) is 15.4. The number of benzene rings is 2. The van der Waals surface area contributed by atoms with E-state index in [2.05, 4.69) is 52.9 Å². The Morgan fingerprint density at radius 3 is 2.50 bits per heavy atom. The molecule has 2 rings (SSSR count). The van der Waals surface area contributed by atoms with Gasteiger partial charge in [-0.1, -0.05) is 30.3 Å². The fraction of sp³-hybridized carbons (Fsp3) is 0.263. The van der Waals surface area contributed by atoms with Gasteiger partial charge in [-0.2, -0.15) is 5.26 Å². The van der Waals surface area contributed by atoms with Crippen molar-refractivity contribution in [1.29, 1.82) is 5.26 Å². The van der Waals surface area contributed by atoms with Crippen molar-refractivity contribution >= 4 is 17.7 Å². The summed E-state index contributed by atoms with van der Waals surface area (Å²) in [6, 6.07) is 20.0. The number of hydrogen-bond acceptors (Lipinski definition) is 3. The molecule has 0 fully saturated rings. The van der Waals surface area contributed by atoms with Crippen LogP contribution >= 0.6 is 11.8 Å². The number of nitriles is 1. The highest BCUT2D eigenvalue weighted by Gasteiger charge is 1.99. The van der Waals surface area contributed by atoms with Gasteiger partial charge < -0.3 is 10.6 Å². The van der Waals surface area contributed by atoms with Crippen molar-refractivity contribution in [3.63, 3.8) is 0 Å². The smallest absolute Gasteiger partial charge is 0.191 e. The van der Waals surface area contributed by atoms with Gasteiger partial charge in [-0.05, 0) is 36.8 Å². The van der Waals surface area contributed by atoms with Gasteiger partial charge in [0.15, 0.2) is 5.96 Å². The summed E-state index contributed by atoms with van der Waals surface area (Å²) >= 11 is 1.82. The van der Waals surface area contributed by atoms with E-state index in [-0.39, 0.29) is 0 Å². The number of rotatable bonds is 7. The van der Waals surface area contributed by atoms with E-state index in [1.54, 1.807) is 0 Å². The van der Waals surface area contributed by atoms with Crippen LogP contribution in [0.15, 0.2) is 64.5 Å². The minimum atomic E-state index is 0.590. The maximum atomic E-state index is 8.82. The standard InChI is InChI=1S/C19H22N4S/c1-2-21-19(22-12-13-24-18-6-4-3-5-7-18)23-15-17-10-8-16(14-20)9-11-17/h3-11H,2,12-13,15H2,1H3,(H2,21,22,23). The molecule has 2 aromatic carbocycles. The van der Waals surface area contributed by atoms with E-state index in [9.17, 15) is 0 Å². The molecule has 5 heteroatoms. The quantitative estimate of drug-likeness (QED) is 0.351. The molecule has 0 amide bonds. The zero-order valence-corrected chi connectivity index (χ0v) is 14.6. The predicted octanol–water partition coefficient (Wildman–Crippen LogP) is 3.41. The van der Waals surface area contributed by atoms with E-state index in [1.165, 1.54) is 4.90 Å². The number of guanidine groups is 1. The first-order valence-electron chi connectivity index (χ1n) is 8.01. The van der Waals surface area contributed by atoms with E-state index in [0.29, 0.717) is 12.1 Å². The Kier molecular flexibility index (Phi) is 7.72. The second-order valence-electron chi connectivity index (χ2n) is 5.09. The SMILES string of the molecule is CCNC(=NCc1ccc(C#N)cc1)NCCSc1ccccc1. The van der Waals surface area contributed by atoms with Gasteiger partial charge in [-0.15, -0.1) is 11.8 Å². The minimum absolute atomic E-state index is 0.590. The number of aliphatic imine (C=N–C) groups is 1. The lowest BCUT2D eigenvalue weighted by atomic mass is 10.1. The third-order valence-electron chi connectivity index (χ3n) is 3.25. The van der Waals surface area contributed by atoms with Crippen molar-refractivity contribution < 1.29 is 0 Å². The van der Waals surface area contributed by atoms with Gasteiger partial charge >= 0.3 is 0 Å². The summed E-state index contributed by atoms with van der Waals surface area (Å²) in [6.45, 7) is 4.31. The maximum absolute atomic E-state index is 8.82. The lowest BCUT2D eigenvalue weighted by Gasteiger charge is -2.11. The van der Waals surface area contributed by atoms with E-state index in [4.69, 9.17) is 5.26 Å². The highest BCUT2D eigenvalue weighted by Crippen LogP contribution is 2.15. The molecule has 0 saturated heterocycles. The van der Waals surface area contributed by atoms with Crippen LogP contribution in [0.3, 0.4) is 0 Å². The van der Waals surface area contributed by atoms with Crippen LogP contribution < -0.4 is 10.6 Å². The third kappa shape index (κ3) is 6.35. The molecule has 124 valence electrons. The van der Waals surface area contributed by atoms with Crippen molar-refractivity contribution in [3.8, 4) is 6.07 Å². The van der Waals surface area contributed by atoms with Gasteiger partial charge in [0.1, 0.15) is 0 Å². The molecule has 0 aliphatic carbocycles. The normalized spacial score (nSPS) is 10.9. The van der Waals surface area contributed by atoms with E-state index < -0.39 is 0 Å². The Morgan fingerprint density at radius 1 is 1.08 bits per heavy atom. The highest BCUT2D eigenvalue weighted by atomic mass is 32.2. The molecule has 0 unspecified atom stereocenters. The highest BCUT2D eigenvalue weighted by molar-refractivity contribution is 7.99. The Balaban J connectivity index is 1.80. The second-order valence-corrected chi connectivity index (χ2v) is 6.26. The Labute approximate surface area is 148 Å². The topological polar surface area (TPSA) is 60.2 Å². The van der Waals surface area contributed by atoms with Gasteiger partial charge in [0.2, 0.25) is 0 Å². The number of hydrogen-bond donors (Lipinski definition) is 2. The summed E-state index contributed by atoms with van der Waals surface area (Å²) < 4.78 is 0. The first-order valence-corrected chi connectivity index (χ1v) is 8.99. The molecule has 0 aliphatic heterocycles. The second kappa shape index (κ2) is 10.3. The summed E-state index contributed by atoms with van der Waals surface area (Å²) in [6.07, 6.45) is 0. The van der Waals surface area contributed by atoms with Crippen LogP contribution in [-0.2, 0) is 6.54 Å². The fourth-order valence-corrected chi connectivity index (χ4v) is 2.84. The molecule has 0 atom stereocenters. The minimum Gasteiger partial charge on any atom is -0.357 e. The van der Waals surface area contributed by atoms with E-state index in [1.807, 2.05) is 42.1 Å². The zero-order chi connectivity index (χ0) is 17.0. The van der Waals surface area contributed by atoms with Gasteiger partial charge in [-0.3, -0.25) is 0 Å². The van der Waals surface area contributed by atoms with Crippen LogP contribution in [0.25, 0.3) is 0 Å². The Hall–Kier alpha value is -2.45. The molecule has 0 radical (unpaired) electrons. The van der Waals surface area contributed by atoms with Crippen LogP contribution in [0, 0.1) is 11.3 Å². The van der Waals surface area contributed by atoms with E-state index >= 15 is 0 Å². The first kappa shape index (κ1) is 17.9. The molecular weight excluding hydrogens is 316 g/mol. The van der Waals surface area contributed by atoms with Crippen LogP contribution in [0.2, 0.25) is 0 Å². The van der Waals surface area contributed by atoms with Crippen molar-refractivity contribution in [2.24, 2.45) is 4.99 Å². The molecule has 0 heterocycles. The Bertz CT molecular complexity index is 675. The van der Waals surface area contributed by atoms with Crippen molar-refractivity contribution in [2.75, 3.05) is 18.8 Å². The van der Waals surface area contributed by atoms with Gasteiger partial charge in [-0.25, -0.2) is 4.99 Å². The molecular formula is C19H22N4S. The average Bonchev–Trinajstić information content (AvgIpc) is 2.64. The van der Waals surface area contributed by atoms with Gasteiger partial charge in [0, 0.05) is 23.7 Å². The summed E-state index contributed by atoms with van der Waals surface area (Å²) in [7, 11) is 0. The number of thioether (sulfide) groups is 1. The summed E-state index contributed by atoms with van der Waals surface area (Å²) in [5.74, 6) is 1.79. The van der Waals surface area contributed by atoms with Crippen LogP contribution in [0.5, 0.6) is 0 Å². The molecule has 0 bridgehead atoms. The Morgan fingerprint density at radius 2 is 1.83 bits per heavy atom. The van der Waals surface area contributed by atoms with E-state index in [0.717, 1.165) is 30.4 Å². The molecule has 0 aliphatic rings. The van der Waals surface area contributed by atoms with Crippen molar-refractivity contribution in [1.82, 2.24) is 10.6 Å². The van der Waals surface area contributed by atoms with Crippen LogP contribution in [0.4, 0.5) is 0 Å². The summed E-state index contributed by atoms with van der Waals surface area (Å²) in [5.41, 5.74) is 1.76. The molecule has 4 nitrogen and oxygen atoms in total.